The van der Waals surface area contributed by atoms with E-state index >= 15 is 0 Å². The molecular formula is C19H32O7. The van der Waals surface area contributed by atoms with Crippen molar-refractivity contribution in [3.8, 4) is 0 Å². The highest BCUT2D eigenvalue weighted by molar-refractivity contribution is 5.87. The lowest BCUT2D eigenvalue weighted by molar-refractivity contribution is -0.190. The van der Waals surface area contributed by atoms with Crippen LogP contribution in [0.1, 0.15) is 47.5 Å². The number of ether oxygens (including phenoxy) is 3. The summed E-state index contributed by atoms with van der Waals surface area (Å²) in [5.74, 6) is -2.66. The molecule has 0 heterocycles. The van der Waals surface area contributed by atoms with E-state index in [1.165, 1.54) is 34.0 Å². The summed E-state index contributed by atoms with van der Waals surface area (Å²) in [6, 6.07) is 0. The Kier molecular flexibility index (Phi) is 17.6. The van der Waals surface area contributed by atoms with Gasteiger partial charge in [0.1, 0.15) is 0 Å². The zero-order valence-electron chi connectivity index (χ0n) is 16.7. The molecule has 0 atom stereocenters. The van der Waals surface area contributed by atoms with Crippen LogP contribution in [0.2, 0.25) is 0 Å². The van der Waals surface area contributed by atoms with Crippen LogP contribution < -0.4 is 0 Å². The maximum absolute atomic E-state index is 10.7. The summed E-state index contributed by atoms with van der Waals surface area (Å²) in [6.45, 7) is 18.4. The largest absolute Gasteiger partial charge is 0.466 e. The van der Waals surface area contributed by atoms with E-state index in [2.05, 4.69) is 33.9 Å². The second kappa shape index (κ2) is 16.1. The molecule has 0 fully saturated rings. The van der Waals surface area contributed by atoms with Crippen molar-refractivity contribution in [1.82, 2.24) is 0 Å². The van der Waals surface area contributed by atoms with Crippen molar-refractivity contribution >= 4 is 17.9 Å². The summed E-state index contributed by atoms with van der Waals surface area (Å²) in [5, 5.41) is 8.95. The van der Waals surface area contributed by atoms with Gasteiger partial charge in [0.25, 0.3) is 0 Å². The van der Waals surface area contributed by atoms with Gasteiger partial charge in [-0.25, -0.2) is 14.4 Å². The normalized spacial score (nSPS) is 9.19. The van der Waals surface area contributed by atoms with Gasteiger partial charge >= 0.3 is 17.9 Å². The fourth-order valence-electron chi connectivity index (χ4n) is 0.864. The van der Waals surface area contributed by atoms with Crippen LogP contribution in [-0.4, -0.2) is 42.5 Å². The highest BCUT2D eigenvalue weighted by atomic mass is 16.7. The third-order valence-corrected chi connectivity index (χ3v) is 2.13. The molecule has 0 amide bonds. The molecule has 0 aliphatic heterocycles. The van der Waals surface area contributed by atoms with Crippen LogP contribution in [0.15, 0.2) is 37.0 Å². The van der Waals surface area contributed by atoms with Gasteiger partial charge in [0.15, 0.2) is 0 Å². The maximum atomic E-state index is 10.7. The van der Waals surface area contributed by atoms with Crippen LogP contribution in [0.4, 0.5) is 0 Å². The number of carbonyl (C=O) groups excluding carboxylic acids is 3. The molecule has 7 nitrogen and oxygen atoms in total. The van der Waals surface area contributed by atoms with E-state index in [0.717, 1.165) is 12.8 Å². The van der Waals surface area contributed by atoms with Gasteiger partial charge in [-0.3, -0.25) is 0 Å². The second-order valence-electron chi connectivity index (χ2n) is 5.61. The molecule has 26 heavy (non-hydrogen) atoms. The quantitative estimate of drug-likeness (QED) is 0.241. The van der Waals surface area contributed by atoms with Crippen LogP contribution >= 0.6 is 0 Å². The SMILES string of the molecule is C=C(C)C(=O)OC.C=C(C)C(=O)OC(C)(C)O.C=CC(=O)OCCCC. The average molecular weight is 372 g/mol. The highest BCUT2D eigenvalue weighted by Crippen LogP contribution is 2.06. The summed E-state index contributed by atoms with van der Waals surface area (Å²) < 4.78 is 13.5. The van der Waals surface area contributed by atoms with Crippen LogP contribution in [0.25, 0.3) is 0 Å². The predicted molar refractivity (Wildman–Crippen MR) is 100 cm³/mol. The van der Waals surface area contributed by atoms with Gasteiger partial charge in [-0.2, -0.15) is 0 Å². The number of unbranched alkanes of at least 4 members (excludes halogenated alkanes) is 1. The summed E-state index contributed by atoms with van der Waals surface area (Å²) in [5.41, 5.74) is 0.713. The first kappa shape index (κ1) is 28.4. The molecule has 0 aliphatic carbocycles. The second-order valence-corrected chi connectivity index (χ2v) is 5.61. The minimum absolute atomic E-state index is 0.280. The lowest BCUT2D eigenvalue weighted by atomic mass is 10.3. The number of aliphatic hydroxyl groups is 1. The molecule has 0 aromatic rings. The molecule has 0 bridgehead atoms. The van der Waals surface area contributed by atoms with E-state index in [-0.39, 0.29) is 17.5 Å². The first-order valence-electron chi connectivity index (χ1n) is 7.96. The third-order valence-electron chi connectivity index (χ3n) is 2.13. The molecule has 7 heteroatoms. The van der Waals surface area contributed by atoms with Gasteiger partial charge in [-0.1, -0.05) is 33.1 Å². The molecule has 0 aromatic heterocycles. The number of esters is 3. The Bertz CT molecular complexity index is 485. The summed E-state index contributed by atoms with van der Waals surface area (Å²) in [6.07, 6.45) is 3.15. The topological polar surface area (TPSA) is 99.1 Å². The first-order chi connectivity index (χ1) is 11.8. The number of hydrogen-bond donors (Lipinski definition) is 1. The number of carbonyl (C=O) groups is 3. The van der Waals surface area contributed by atoms with Gasteiger partial charge in [0.05, 0.1) is 13.7 Å². The van der Waals surface area contributed by atoms with Gasteiger partial charge in [-0.15, -0.1) is 0 Å². The Labute approximate surface area is 156 Å². The number of hydrogen-bond acceptors (Lipinski definition) is 7. The Morgan fingerprint density at radius 2 is 1.54 bits per heavy atom. The zero-order valence-corrected chi connectivity index (χ0v) is 16.7. The fraction of sp³-hybridized carbons (Fsp3) is 0.526. The highest BCUT2D eigenvalue weighted by Gasteiger charge is 2.18. The molecule has 1 N–H and O–H groups in total. The molecule has 0 unspecified atom stereocenters. The third kappa shape index (κ3) is 23.9. The van der Waals surface area contributed by atoms with E-state index in [9.17, 15) is 14.4 Å². The standard InChI is InChI=1S/C7H12O3.C7H12O2.C5H8O2/c1-5(2)6(8)10-7(3,4)9;1-3-5-6-9-7(8)4-2;1-4(2)5(6)7-3/h9H,1H2,2-4H3;4H,2-3,5-6H2,1H3;1H2,2-3H3. The van der Waals surface area contributed by atoms with Crippen molar-refractivity contribution in [2.45, 2.75) is 53.2 Å². The molecule has 0 saturated heterocycles. The molecule has 0 radical (unpaired) electrons. The van der Waals surface area contributed by atoms with Crippen LogP contribution in [-0.2, 0) is 28.6 Å². The van der Waals surface area contributed by atoms with Crippen LogP contribution in [0.5, 0.6) is 0 Å². The minimum atomic E-state index is -1.41. The van der Waals surface area contributed by atoms with Gasteiger partial charge in [-0.05, 0) is 20.3 Å². The molecular weight excluding hydrogens is 340 g/mol. The van der Waals surface area contributed by atoms with E-state index in [1.54, 1.807) is 6.92 Å². The van der Waals surface area contributed by atoms with E-state index in [4.69, 9.17) is 5.11 Å². The minimum Gasteiger partial charge on any atom is -0.466 e. The Balaban J connectivity index is -0.000000310. The van der Waals surface area contributed by atoms with Gasteiger partial charge in [0.2, 0.25) is 5.79 Å². The van der Waals surface area contributed by atoms with Crippen LogP contribution in [0.3, 0.4) is 0 Å². The lowest BCUT2D eigenvalue weighted by Crippen LogP contribution is -2.27. The molecule has 0 rings (SSSR count). The van der Waals surface area contributed by atoms with E-state index in [0.29, 0.717) is 12.2 Å². The van der Waals surface area contributed by atoms with Crippen LogP contribution in [0, 0.1) is 0 Å². The Morgan fingerprint density at radius 3 is 1.73 bits per heavy atom. The van der Waals surface area contributed by atoms with Gasteiger partial charge < -0.3 is 19.3 Å². The number of methoxy groups -OCH3 is 1. The molecule has 0 aliphatic rings. The van der Waals surface area contributed by atoms with E-state index < -0.39 is 11.8 Å². The van der Waals surface area contributed by atoms with Crippen molar-refractivity contribution in [1.29, 1.82) is 0 Å². The zero-order chi connectivity index (χ0) is 21.3. The smallest absolute Gasteiger partial charge is 0.335 e. The summed E-state index contributed by atoms with van der Waals surface area (Å²) in [4.78, 5) is 31.2. The van der Waals surface area contributed by atoms with Crippen molar-refractivity contribution in [3.63, 3.8) is 0 Å². The lowest BCUT2D eigenvalue weighted by Gasteiger charge is -2.17. The molecule has 0 spiro atoms. The van der Waals surface area contributed by atoms with Crippen molar-refractivity contribution in [3.05, 3.63) is 37.0 Å². The summed E-state index contributed by atoms with van der Waals surface area (Å²) >= 11 is 0. The van der Waals surface area contributed by atoms with Gasteiger partial charge in [0, 0.05) is 31.1 Å². The molecule has 0 saturated carbocycles. The molecule has 0 aromatic carbocycles. The Morgan fingerprint density at radius 1 is 1.08 bits per heavy atom. The van der Waals surface area contributed by atoms with E-state index in [1.807, 2.05) is 6.92 Å². The Hall–Kier alpha value is -2.41. The predicted octanol–water partition coefficient (Wildman–Crippen LogP) is 3.09. The van der Waals surface area contributed by atoms with Crippen molar-refractivity contribution in [2.24, 2.45) is 0 Å². The monoisotopic (exact) mass is 372 g/mol. The number of rotatable bonds is 7. The van der Waals surface area contributed by atoms with Crippen molar-refractivity contribution in [2.75, 3.05) is 13.7 Å². The summed E-state index contributed by atoms with van der Waals surface area (Å²) in [7, 11) is 1.33. The first-order valence-corrected chi connectivity index (χ1v) is 7.96. The maximum Gasteiger partial charge on any atom is 0.335 e. The van der Waals surface area contributed by atoms with Crippen molar-refractivity contribution < 1.29 is 33.7 Å². The average Bonchev–Trinajstić information content (AvgIpc) is 2.53. The molecule has 150 valence electrons. The fourth-order valence-corrected chi connectivity index (χ4v) is 0.864.